The normalized spacial score (nSPS) is 26.9. The van der Waals surface area contributed by atoms with Crippen molar-refractivity contribution in [3.8, 4) is 0 Å². The summed E-state index contributed by atoms with van der Waals surface area (Å²) in [5.41, 5.74) is 5.32. The van der Waals surface area contributed by atoms with E-state index in [1.807, 2.05) is 23.1 Å². The lowest BCUT2D eigenvalue weighted by Crippen LogP contribution is -2.60. The third kappa shape index (κ3) is 2.48. The van der Waals surface area contributed by atoms with Crippen molar-refractivity contribution in [2.75, 3.05) is 44.3 Å². The predicted molar refractivity (Wildman–Crippen MR) is 75.4 cm³/mol. The quantitative estimate of drug-likeness (QED) is 0.813. The van der Waals surface area contributed by atoms with Gasteiger partial charge in [0.2, 0.25) is 5.91 Å². The first kappa shape index (κ1) is 13.3. The van der Waals surface area contributed by atoms with Gasteiger partial charge in [-0.2, -0.15) is 0 Å². The van der Waals surface area contributed by atoms with E-state index in [9.17, 15) is 4.79 Å². The molecule has 108 valence electrons. The van der Waals surface area contributed by atoms with Gasteiger partial charge in [0, 0.05) is 39.0 Å². The number of nitrogens with zero attached hydrogens (tertiary/aromatic N) is 3. The zero-order valence-electron chi connectivity index (χ0n) is 11.5. The van der Waals surface area contributed by atoms with Gasteiger partial charge in [-0.3, -0.25) is 4.79 Å². The Morgan fingerprint density at radius 3 is 2.70 bits per heavy atom. The van der Waals surface area contributed by atoms with Crippen LogP contribution in [0.5, 0.6) is 0 Å². The summed E-state index contributed by atoms with van der Waals surface area (Å²) >= 11 is 0. The molecule has 3 heterocycles. The van der Waals surface area contributed by atoms with Crippen LogP contribution in [0.4, 0.5) is 5.82 Å². The highest BCUT2D eigenvalue weighted by molar-refractivity contribution is 5.86. The maximum atomic E-state index is 12.5. The summed E-state index contributed by atoms with van der Waals surface area (Å²) in [5, 5.41) is 0. The van der Waals surface area contributed by atoms with Crippen LogP contribution in [0.1, 0.15) is 6.42 Å². The monoisotopic (exact) mass is 276 g/mol. The molecule has 2 aliphatic heterocycles. The van der Waals surface area contributed by atoms with E-state index in [1.54, 1.807) is 6.20 Å². The molecule has 1 aromatic heterocycles. The molecule has 2 N–H and O–H groups in total. The van der Waals surface area contributed by atoms with Crippen molar-refractivity contribution in [1.29, 1.82) is 0 Å². The molecule has 2 fully saturated rings. The van der Waals surface area contributed by atoms with E-state index < -0.39 is 5.54 Å². The zero-order valence-corrected chi connectivity index (χ0v) is 11.5. The molecule has 2 saturated heterocycles. The Balaban J connectivity index is 1.60. The van der Waals surface area contributed by atoms with E-state index in [0.29, 0.717) is 32.7 Å². The van der Waals surface area contributed by atoms with E-state index in [0.717, 1.165) is 18.9 Å². The SMILES string of the molecule is NC1(C(=O)N2CCN(c3ccccn3)CC2)CCOC1. The molecule has 1 atom stereocenters. The molecule has 20 heavy (non-hydrogen) atoms. The maximum absolute atomic E-state index is 12.5. The Hall–Kier alpha value is -1.66. The number of nitrogens with two attached hydrogens (primary N) is 1. The van der Waals surface area contributed by atoms with Gasteiger partial charge in [0.15, 0.2) is 0 Å². The fraction of sp³-hybridized carbons (Fsp3) is 0.571. The number of anilines is 1. The first-order valence-corrected chi connectivity index (χ1v) is 7.01. The van der Waals surface area contributed by atoms with Crippen LogP contribution >= 0.6 is 0 Å². The highest BCUT2D eigenvalue weighted by Gasteiger charge is 2.41. The summed E-state index contributed by atoms with van der Waals surface area (Å²) in [6, 6.07) is 5.87. The number of carbonyl (C=O) groups excluding carboxylic acids is 1. The van der Waals surface area contributed by atoms with E-state index in [-0.39, 0.29) is 5.91 Å². The number of piperazine rings is 1. The number of hydrogen-bond donors (Lipinski definition) is 1. The second kappa shape index (κ2) is 5.38. The van der Waals surface area contributed by atoms with Crippen LogP contribution in [0.3, 0.4) is 0 Å². The Kier molecular flexibility index (Phi) is 3.58. The lowest BCUT2D eigenvalue weighted by molar-refractivity contribution is -0.137. The number of hydrogen-bond acceptors (Lipinski definition) is 5. The van der Waals surface area contributed by atoms with Crippen LogP contribution in [0.25, 0.3) is 0 Å². The Bertz CT molecular complexity index is 465. The molecule has 6 heteroatoms. The number of aromatic nitrogens is 1. The molecule has 1 aromatic rings. The molecule has 1 unspecified atom stereocenters. The first-order chi connectivity index (χ1) is 9.69. The predicted octanol–water partition coefficient (Wildman–Crippen LogP) is -0.152. The molecule has 0 saturated carbocycles. The topological polar surface area (TPSA) is 71.7 Å². The van der Waals surface area contributed by atoms with E-state index in [4.69, 9.17) is 10.5 Å². The summed E-state index contributed by atoms with van der Waals surface area (Å²) < 4.78 is 5.27. The van der Waals surface area contributed by atoms with Crippen molar-refractivity contribution >= 4 is 11.7 Å². The van der Waals surface area contributed by atoms with Crippen LogP contribution in [0.2, 0.25) is 0 Å². The maximum Gasteiger partial charge on any atom is 0.245 e. The average Bonchev–Trinajstić information content (AvgIpc) is 2.96. The van der Waals surface area contributed by atoms with Crippen LogP contribution in [0.15, 0.2) is 24.4 Å². The summed E-state index contributed by atoms with van der Waals surface area (Å²) in [6.07, 6.45) is 2.41. The van der Waals surface area contributed by atoms with Gasteiger partial charge < -0.3 is 20.3 Å². The van der Waals surface area contributed by atoms with Gasteiger partial charge in [-0.05, 0) is 18.6 Å². The summed E-state index contributed by atoms with van der Waals surface area (Å²) in [4.78, 5) is 20.8. The van der Waals surface area contributed by atoms with Crippen molar-refractivity contribution in [2.24, 2.45) is 5.73 Å². The largest absolute Gasteiger partial charge is 0.379 e. The van der Waals surface area contributed by atoms with E-state index >= 15 is 0 Å². The minimum atomic E-state index is -0.812. The summed E-state index contributed by atoms with van der Waals surface area (Å²) in [6.45, 7) is 3.88. The van der Waals surface area contributed by atoms with Crippen molar-refractivity contribution < 1.29 is 9.53 Å². The Labute approximate surface area is 118 Å². The molecular formula is C14H20N4O2. The lowest BCUT2D eigenvalue weighted by atomic mass is 9.98. The van der Waals surface area contributed by atoms with Crippen molar-refractivity contribution in [3.63, 3.8) is 0 Å². The van der Waals surface area contributed by atoms with Gasteiger partial charge in [-0.25, -0.2) is 4.98 Å². The van der Waals surface area contributed by atoms with Gasteiger partial charge in [0.1, 0.15) is 11.4 Å². The van der Waals surface area contributed by atoms with Crippen LogP contribution in [-0.2, 0) is 9.53 Å². The van der Waals surface area contributed by atoms with Crippen LogP contribution in [-0.4, -0.2) is 60.7 Å². The van der Waals surface area contributed by atoms with Gasteiger partial charge in [0.05, 0.1) is 6.61 Å². The number of pyridine rings is 1. The highest BCUT2D eigenvalue weighted by atomic mass is 16.5. The molecule has 0 aliphatic carbocycles. The fourth-order valence-corrected chi connectivity index (χ4v) is 2.74. The average molecular weight is 276 g/mol. The molecule has 0 spiro atoms. The smallest absolute Gasteiger partial charge is 0.245 e. The number of carbonyl (C=O) groups is 1. The zero-order chi connectivity index (χ0) is 14.0. The summed E-state index contributed by atoms with van der Waals surface area (Å²) in [5.74, 6) is 0.988. The molecule has 3 rings (SSSR count). The first-order valence-electron chi connectivity index (χ1n) is 7.01. The van der Waals surface area contributed by atoms with Crippen molar-refractivity contribution in [1.82, 2.24) is 9.88 Å². The Morgan fingerprint density at radius 2 is 2.10 bits per heavy atom. The molecule has 1 amide bonds. The molecular weight excluding hydrogens is 256 g/mol. The van der Waals surface area contributed by atoms with Gasteiger partial charge >= 0.3 is 0 Å². The second-order valence-electron chi connectivity index (χ2n) is 5.43. The summed E-state index contributed by atoms with van der Waals surface area (Å²) in [7, 11) is 0. The minimum Gasteiger partial charge on any atom is -0.379 e. The standard InChI is InChI=1S/C14H20N4O2/c15-14(4-10-20-11-14)13(19)18-8-6-17(7-9-18)12-3-1-2-5-16-12/h1-3,5H,4,6-11,15H2. The molecule has 0 radical (unpaired) electrons. The van der Waals surface area contributed by atoms with Gasteiger partial charge in [-0.15, -0.1) is 0 Å². The Morgan fingerprint density at radius 1 is 1.30 bits per heavy atom. The molecule has 0 bridgehead atoms. The van der Waals surface area contributed by atoms with Crippen molar-refractivity contribution in [3.05, 3.63) is 24.4 Å². The number of ether oxygens (including phenoxy) is 1. The molecule has 2 aliphatic rings. The fourth-order valence-electron chi connectivity index (χ4n) is 2.74. The minimum absolute atomic E-state index is 0.0238. The number of amides is 1. The van der Waals surface area contributed by atoms with E-state index in [1.165, 1.54) is 0 Å². The van der Waals surface area contributed by atoms with Gasteiger partial charge in [-0.1, -0.05) is 6.07 Å². The van der Waals surface area contributed by atoms with Crippen LogP contribution < -0.4 is 10.6 Å². The second-order valence-corrected chi connectivity index (χ2v) is 5.43. The van der Waals surface area contributed by atoms with Gasteiger partial charge in [0.25, 0.3) is 0 Å². The highest BCUT2D eigenvalue weighted by Crippen LogP contribution is 2.20. The van der Waals surface area contributed by atoms with Crippen molar-refractivity contribution in [2.45, 2.75) is 12.0 Å². The van der Waals surface area contributed by atoms with E-state index in [2.05, 4.69) is 9.88 Å². The third-order valence-corrected chi connectivity index (χ3v) is 4.02. The molecule has 6 nitrogen and oxygen atoms in total. The lowest BCUT2D eigenvalue weighted by Gasteiger charge is -2.38. The number of rotatable bonds is 2. The third-order valence-electron chi connectivity index (χ3n) is 4.02. The van der Waals surface area contributed by atoms with Crippen LogP contribution in [0, 0.1) is 0 Å². The molecule has 0 aromatic carbocycles.